The molecule has 1 aliphatic heterocycles. The molecule has 2 aromatic carbocycles. The number of nitrogens with zero attached hydrogens (tertiary/aromatic N) is 2. The third kappa shape index (κ3) is 4.51. The molecule has 0 bridgehead atoms. The molecule has 1 saturated heterocycles. The molecule has 0 spiro atoms. The molecule has 1 unspecified atom stereocenters. The zero-order valence-corrected chi connectivity index (χ0v) is 16.1. The second-order valence-electron chi connectivity index (χ2n) is 7.10. The van der Waals surface area contributed by atoms with Gasteiger partial charge >= 0.3 is 6.09 Å². The highest BCUT2D eigenvalue weighted by atomic mass is 19.1. The van der Waals surface area contributed by atoms with Crippen LogP contribution in [0.1, 0.15) is 31.1 Å². The van der Waals surface area contributed by atoms with E-state index < -0.39 is 17.7 Å². The minimum absolute atomic E-state index is 0.198. The van der Waals surface area contributed by atoms with Crippen molar-refractivity contribution in [2.24, 2.45) is 0 Å². The maximum absolute atomic E-state index is 13.3. The van der Waals surface area contributed by atoms with Crippen molar-refractivity contribution in [2.45, 2.75) is 31.9 Å². The van der Waals surface area contributed by atoms with Crippen LogP contribution in [0.15, 0.2) is 36.4 Å². The van der Waals surface area contributed by atoms with Crippen molar-refractivity contribution in [3.05, 3.63) is 53.6 Å². The molecule has 9 heteroatoms. The molecular weight excluding hydrogens is 396 g/mol. The van der Waals surface area contributed by atoms with Crippen LogP contribution in [0.5, 0.6) is 5.75 Å². The summed E-state index contributed by atoms with van der Waals surface area (Å²) in [5.74, 6) is -0.567. The summed E-state index contributed by atoms with van der Waals surface area (Å²) in [6, 6.07) is 8.59. The maximum atomic E-state index is 13.3. The third-order valence-electron chi connectivity index (χ3n) is 4.91. The van der Waals surface area contributed by atoms with E-state index in [2.05, 4.69) is 10.4 Å². The van der Waals surface area contributed by atoms with Gasteiger partial charge in [-0.1, -0.05) is 0 Å². The molecular formula is C21H21F2N3O4. The maximum Gasteiger partial charge on any atom is 0.410 e. The first-order valence-corrected chi connectivity index (χ1v) is 9.71. The number of aromatic nitrogens is 2. The van der Waals surface area contributed by atoms with Crippen LogP contribution in [-0.4, -0.2) is 34.2 Å². The van der Waals surface area contributed by atoms with Crippen molar-refractivity contribution in [1.82, 2.24) is 9.78 Å². The average molecular weight is 417 g/mol. The summed E-state index contributed by atoms with van der Waals surface area (Å²) in [5, 5.41) is 16.4. The molecule has 1 aromatic heterocycles. The Balaban J connectivity index is 1.55. The normalized spacial score (nSPS) is 16.5. The molecule has 1 aliphatic rings. The summed E-state index contributed by atoms with van der Waals surface area (Å²) in [6.07, 6.45) is 1.65. The van der Waals surface area contributed by atoms with Crippen LogP contribution in [0.4, 0.5) is 19.4 Å². The number of anilines is 1. The quantitative estimate of drug-likeness (QED) is 0.606. The van der Waals surface area contributed by atoms with Gasteiger partial charge in [0.1, 0.15) is 17.4 Å². The number of amides is 1. The van der Waals surface area contributed by atoms with Gasteiger partial charge in [-0.2, -0.15) is 5.10 Å². The van der Waals surface area contributed by atoms with Gasteiger partial charge in [-0.05, 0) is 55.2 Å². The summed E-state index contributed by atoms with van der Waals surface area (Å²) in [7, 11) is 0. The van der Waals surface area contributed by atoms with E-state index in [0.29, 0.717) is 29.7 Å². The van der Waals surface area contributed by atoms with E-state index in [1.54, 1.807) is 22.9 Å². The lowest BCUT2D eigenvalue weighted by molar-refractivity contribution is -0.0365. The van der Waals surface area contributed by atoms with E-state index in [1.165, 1.54) is 12.1 Å². The van der Waals surface area contributed by atoms with Crippen molar-refractivity contribution < 1.29 is 28.2 Å². The van der Waals surface area contributed by atoms with Crippen molar-refractivity contribution >= 4 is 22.8 Å². The summed E-state index contributed by atoms with van der Waals surface area (Å²) in [5.41, 5.74) is 1.22. The number of rotatable bonds is 6. The van der Waals surface area contributed by atoms with Gasteiger partial charge in [0.2, 0.25) is 0 Å². The standard InChI is InChI=1S/C21H21F2N3O4/c22-14-9-13(10-15(23)11-14)6-8-29-16-4-5-18-17(12-16)20(24-21(27)28)25-26(18)19-3-1-2-7-30-19/h4-5,9-12,19H,1-3,6-8H2,(H,24,25)(H,27,28). The Morgan fingerprint density at radius 3 is 2.73 bits per heavy atom. The topological polar surface area (TPSA) is 85.6 Å². The number of benzene rings is 2. The lowest BCUT2D eigenvalue weighted by atomic mass is 10.1. The van der Waals surface area contributed by atoms with Gasteiger partial charge in [0, 0.05) is 24.5 Å². The van der Waals surface area contributed by atoms with Gasteiger partial charge in [0.25, 0.3) is 0 Å². The molecule has 0 aliphatic carbocycles. The smallest absolute Gasteiger partial charge is 0.410 e. The van der Waals surface area contributed by atoms with Crippen LogP contribution < -0.4 is 10.1 Å². The van der Waals surface area contributed by atoms with E-state index in [1.807, 2.05) is 0 Å². The number of nitrogens with one attached hydrogen (secondary N) is 1. The molecule has 4 rings (SSSR count). The van der Waals surface area contributed by atoms with Crippen LogP contribution in [0.3, 0.4) is 0 Å². The number of fused-ring (bicyclic) bond motifs is 1. The summed E-state index contributed by atoms with van der Waals surface area (Å²) >= 11 is 0. The third-order valence-corrected chi connectivity index (χ3v) is 4.91. The Morgan fingerprint density at radius 2 is 2.03 bits per heavy atom. The highest BCUT2D eigenvalue weighted by Gasteiger charge is 2.22. The number of ether oxygens (including phenoxy) is 2. The first kappa shape index (κ1) is 20.1. The Hall–Kier alpha value is -3.20. The van der Waals surface area contributed by atoms with Gasteiger partial charge in [0.15, 0.2) is 12.0 Å². The van der Waals surface area contributed by atoms with E-state index in [-0.39, 0.29) is 18.7 Å². The SMILES string of the molecule is O=C(O)Nc1nn(C2CCCCO2)c2ccc(OCCc3cc(F)cc(F)c3)cc12. The van der Waals surface area contributed by atoms with Crippen molar-refractivity contribution in [3.63, 3.8) is 0 Å². The van der Waals surface area contributed by atoms with Gasteiger partial charge < -0.3 is 14.6 Å². The number of hydrogen-bond acceptors (Lipinski definition) is 4. The predicted molar refractivity (Wildman–Crippen MR) is 106 cm³/mol. The fourth-order valence-corrected chi connectivity index (χ4v) is 3.58. The first-order valence-electron chi connectivity index (χ1n) is 9.71. The Kier molecular flexibility index (Phi) is 5.80. The molecule has 1 amide bonds. The van der Waals surface area contributed by atoms with E-state index >= 15 is 0 Å². The Morgan fingerprint density at radius 1 is 1.23 bits per heavy atom. The average Bonchev–Trinajstić information content (AvgIpc) is 3.05. The molecule has 1 atom stereocenters. The highest BCUT2D eigenvalue weighted by molar-refractivity contribution is 5.97. The minimum atomic E-state index is -1.22. The molecule has 2 N–H and O–H groups in total. The lowest BCUT2D eigenvalue weighted by Gasteiger charge is -2.23. The fourth-order valence-electron chi connectivity index (χ4n) is 3.58. The number of carbonyl (C=O) groups is 1. The van der Waals surface area contributed by atoms with E-state index in [4.69, 9.17) is 14.6 Å². The van der Waals surface area contributed by atoms with Gasteiger partial charge in [-0.25, -0.2) is 18.3 Å². The van der Waals surface area contributed by atoms with Gasteiger partial charge in [0.05, 0.1) is 12.1 Å². The number of halogens is 2. The molecule has 3 aromatic rings. The molecule has 30 heavy (non-hydrogen) atoms. The van der Waals surface area contributed by atoms with Crippen LogP contribution >= 0.6 is 0 Å². The predicted octanol–water partition coefficient (Wildman–Crippen LogP) is 4.73. The molecule has 1 fully saturated rings. The first-order chi connectivity index (χ1) is 14.5. The molecule has 158 valence electrons. The van der Waals surface area contributed by atoms with Crippen molar-refractivity contribution in [2.75, 3.05) is 18.5 Å². The van der Waals surface area contributed by atoms with Crippen molar-refractivity contribution in [3.8, 4) is 5.75 Å². The largest absolute Gasteiger partial charge is 0.493 e. The van der Waals surface area contributed by atoms with Gasteiger partial charge in [-0.3, -0.25) is 5.32 Å². The van der Waals surface area contributed by atoms with Gasteiger partial charge in [-0.15, -0.1) is 0 Å². The van der Waals surface area contributed by atoms with Crippen LogP contribution in [0.25, 0.3) is 10.9 Å². The second kappa shape index (κ2) is 8.66. The van der Waals surface area contributed by atoms with Crippen LogP contribution in [0.2, 0.25) is 0 Å². The lowest BCUT2D eigenvalue weighted by Crippen LogP contribution is -2.19. The Bertz CT molecular complexity index is 1040. The summed E-state index contributed by atoms with van der Waals surface area (Å²) in [6.45, 7) is 0.839. The highest BCUT2D eigenvalue weighted by Crippen LogP contribution is 2.32. The fraction of sp³-hybridized carbons (Fsp3) is 0.333. The minimum Gasteiger partial charge on any atom is -0.493 e. The van der Waals surface area contributed by atoms with Crippen molar-refractivity contribution in [1.29, 1.82) is 0 Å². The summed E-state index contributed by atoms with van der Waals surface area (Å²) < 4.78 is 39.8. The molecule has 0 saturated carbocycles. The number of hydrogen-bond donors (Lipinski definition) is 2. The number of carboxylic acid groups (broad SMARTS) is 1. The molecule has 0 radical (unpaired) electrons. The van der Waals surface area contributed by atoms with E-state index in [0.717, 1.165) is 30.8 Å². The van der Waals surface area contributed by atoms with Crippen LogP contribution in [0, 0.1) is 11.6 Å². The van der Waals surface area contributed by atoms with Crippen LogP contribution in [-0.2, 0) is 11.2 Å². The molecule has 2 heterocycles. The van der Waals surface area contributed by atoms with E-state index in [9.17, 15) is 13.6 Å². The monoisotopic (exact) mass is 417 g/mol. The molecule has 7 nitrogen and oxygen atoms in total. The summed E-state index contributed by atoms with van der Waals surface area (Å²) in [4.78, 5) is 11.2. The second-order valence-corrected chi connectivity index (χ2v) is 7.10. The Labute approximate surface area is 171 Å². The zero-order valence-electron chi connectivity index (χ0n) is 16.1. The zero-order chi connectivity index (χ0) is 21.1.